The summed E-state index contributed by atoms with van der Waals surface area (Å²) >= 11 is 0. The van der Waals surface area contributed by atoms with Gasteiger partial charge in [0.1, 0.15) is 0 Å². The van der Waals surface area contributed by atoms with E-state index in [1.165, 1.54) is 6.08 Å². The molecule has 0 unspecified atom stereocenters. The van der Waals surface area contributed by atoms with Crippen molar-refractivity contribution in [2.45, 2.75) is 13.1 Å². The Bertz CT molecular complexity index is 183. The number of carboxylic acid groups (broad SMARTS) is 1. The zero-order valence-electron chi connectivity index (χ0n) is 5.92. The van der Waals surface area contributed by atoms with Crippen molar-refractivity contribution < 1.29 is 14.7 Å². The van der Waals surface area contributed by atoms with Gasteiger partial charge in [-0.3, -0.25) is 4.79 Å². The highest BCUT2D eigenvalue weighted by molar-refractivity contribution is 7.03. The second-order valence-corrected chi connectivity index (χ2v) is 7.11. The van der Waals surface area contributed by atoms with Gasteiger partial charge < -0.3 is 5.11 Å². The summed E-state index contributed by atoms with van der Waals surface area (Å²) in [6, 6.07) is 0. The van der Waals surface area contributed by atoms with Crippen molar-refractivity contribution in [1.82, 2.24) is 0 Å². The van der Waals surface area contributed by atoms with Crippen LogP contribution in [0.25, 0.3) is 0 Å². The van der Waals surface area contributed by atoms with Gasteiger partial charge in [-0.2, -0.15) is 0 Å². The van der Waals surface area contributed by atoms with E-state index in [4.69, 9.17) is 5.11 Å². The standard InChI is InChI=1S/C5H9NO3Si/c1-10(2,5(8)9)4-6-3-7/h4H2,1-2H3,(H,8,9). The maximum atomic E-state index is 10.4. The van der Waals surface area contributed by atoms with Crippen molar-refractivity contribution in [2.75, 3.05) is 6.17 Å². The Hall–Kier alpha value is -0.933. The fourth-order valence-electron chi connectivity index (χ4n) is 0.298. The maximum Gasteiger partial charge on any atom is 0.271 e. The number of hydrogen-bond donors (Lipinski definition) is 1. The predicted octanol–water partition coefficient (Wildman–Crippen LogP) is 0.829. The molecule has 0 heterocycles. The molecule has 1 N–H and O–H groups in total. The first-order valence-electron chi connectivity index (χ1n) is 2.78. The molecule has 0 radical (unpaired) electrons. The normalized spacial score (nSPS) is 10.2. The molecule has 0 atom stereocenters. The van der Waals surface area contributed by atoms with Crippen LogP contribution in [0.5, 0.6) is 0 Å². The van der Waals surface area contributed by atoms with Gasteiger partial charge in [0.15, 0.2) is 0 Å². The van der Waals surface area contributed by atoms with Gasteiger partial charge in [0.05, 0.1) is 6.17 Å². The van der Waals surface area contributed by atoms with Gasteiger partial charge in [0.2, 0.25) is 14.2 Å². The Morgan fingerprint density at radius 3 is 2.50 bits per heavy atom. The van der Waals surface area contributed by atoms with E-state index in [2.05, 4.69) is 4.99 Å². The van der Waals surface area contributed by atoms with E-state index in [1.54, 1.807) is 13.1 Å². The predicted molar refractivity (Wildman–Crippen MR) is 38.5 cm³/mol. The molecule has 0 saturated carbocycles. The monoisotopic (exact) mass is 159 g/mol. The smallest absolute Gasteiger partial charge is 0.271 e. The topological polar surface area (TPSA) is 66.7 Å². The summed E-state index contributed by atoms with van der Waals surface area (Å²) in [6.45, 7) is 3.27. The van der Waals surface area contributed by atoms with Gasteiger partial charge in [-0.15, -0.1) is 0 Å². The molecule has 10 heavy (non-hydrogen) atoms. The Labute approximate surface area is 59.6 Å². The molecule has 0 aromatic heterocycles. The lowest BCUT2D eigenvalue weighted by Crippen LogP contribution is -2.39. The van der Waals surface area contributed by atoms with Gasteiger partial charge in [-0.25, -0.2) is 9.79 Å². The van der Waals surface area contributed by atoms with Crippen molar-refractivity contribution in [3.05, 3.63) is 0 Å². The molecule has 0 aromatic rings. The van der Waals surface area contributed by atoms with E-state index in [0.29, 0.717) is 0 Å². The zero-order chi connectivity index (χ0) is 8.20. The summed E-state index contributed by atoms with van der Waals surface area (Å²) in [5.41, 5.74) is -0.827. The highest BCUT2D eigenvalue weighted by atomic mass is 28.3. The van der Waals surface area contributed by atoms with Gasteiger partial charge in [-0.05, 0) is 0 Å². The summed E-state index contributed by atoms with van der Waals surface area (Å²) in [5.74, 6) is 0. The maximum absolute atomic E-state index is 10.4. The SMILES string of the molecule is C[Si](C)(CN=C=O)C(=O)O. The average Bonchev–Trinajstić information content (AvgIpc) is 1.84. The van der Waals surface area contributed by atoms with Crippen LogP contribution < -0.4 is 0 Å². The van der Waals surface area contributed by atoms with Gasteiger partial charge in [0.25, 0.3) is 5.59 Å². The minimum Gasteiger partial charge on any atom is -0.486 e. The average molecular weight is 159 g/mol. The number of aliphatic imine (C=N–C) groups is 1. The highest BCUT2D eigenvalue weighted by Crippen LogP contribution is 2.02. The first-order chi connectivity index (χ1) is 4.50. The molecule has 4 nitrogen and oxygen atoms in total. The number of carbonyl (C=O) groups is 1. The number of rotatable bonds is 3. The molecule has 0 aliphatic heterocycles. The Kier molecular flexibility index (Phi) is 2.98. The van der Waals surface area contributed by atoms with Crippen LogP contribution in [0, 0.1) is 0 Å². The van der Waals surface area contributed by atoms with Gasteiger partial charge in [-0.1, -0.05) is 13.1 Å². The second kappa shape index (κ2) is 3.29. The third-order valence-corrected chi connectivity index (χ3v) is 3.22. The molecule has 56 valence electrons. The molecule has 0 saturated heterocycles. The first-order valence-corrected chi connectivity index (χ1v) is 5.98. The molecule has 0 aromatic carbocycles. The Morgan fingerprint density at radius 1 is 1.70 bits per heavy atom. The number of hydrogen-bond acceptors (Lipinski definition) is 3. The molecule has 0 amide bonds. The molecule has 0 fully saturated rings. The Balaban J connectivity index is 4.12. The number of carbonyl (C=O) groups excluding carboxylic acids is 1. The minimum atomic E-state index is -2.31. The van der Waals surface area contributed by atoms with Crippen molar-refractivity contribution in [1.29, 1.82) is 0 Å². The molecule has 0 aliphatic rings. The lowest BCUT2D eigenvalue weighted by atomic mass is 11.4. The van der Waals surface area contributed by atoms with Crippen LogP contribution in [-0.4, -0.2) is 31.0 Å². The van der Waals surface area contributed by atoms with Crippen LogP contribution in [-0.2, 0) is 4.79 Å². The minimum absolute atomic E-state index is 0.117. The first kappa shape index (κ1) is 9.07. The van der Waals surface area contributed by atoms with E-state index in [1.807, 2.05) is 0 Å². The number of nitrogens with zero attached hydrogens (tertiary/aromatic N) is 1. The van der Waals surface area contributed by atoms with Crippen LogP contribution in [0.3, 0.4) is 0 Å². The van der Waals surface area contributed by atoms with E-state index >= 15 is 0 Å². The summed E-state index contributed by atoms with van der Waals surface area (Å²) in [4.78, 5) is 23.3. The van der Waals surface area contributed by atoms with Gasteiger partial charge in [0, 0.05) is 0 Å². The molecule has 0 aliphatic carbocycles. The summed E-state index contributed by atoms with van der Waals surface area (Å²) < 4.78 is 0. The summed E-state index contributed by atoms with van der Waals surface area (Å²) in [7, 11) is -2.31. The van der Waals surface area contributed by atoms with E-state index < -0.39 is 13.7 Å². The van der Waals surface area contributed by atoms with Crippen molar-refractivity contribution in [2.24, 2.45) is 4.99 Å². The molecule has 0 spiro atoms. The second-order valence-electron chi connectivity index (χ2n) is 2.60. The Morgan fingerprint density at radius 2 is 2.20 bits per heavy atom. The fourth-order valence-corrected chi connectivity index (χ4v) is 0.893. The van der Waals surface area contributed by atoms with Crippen molar-refractivity contribution in [3.63, 3.8) is 0 Å². The third-order valence-electron chi connectivity index (χ3n) is 1.12. The molecular weight excluding hydrogens is 150 g/mol. The van der Waals surface area contributed by atoms with Crippen LogP contribution in [0.4, 0.5) is 4.79 Å². The summed E-state index contributed by atoms with van der Waals surface area (Å²) in [5, 5.41) is 8.54. The quantitative estimate of drug-likeness (QED) is 0.377. The van der Waals surface area contributed by atoms with Crippen LogP contribution in [0.15, 0.2) is 4.99 Å². The van der Waals surface area contributed by atoms with Crippen LogP contribution >= 0.6 is 0 Å². The lowest BCUT2D eigenvalue weighted by Gasteiger charge is -2.10. The zero-order valence-corrected chi connectivity index (χ0v) is 6.92. The fraction of sp³-hybridized carbons (Fsp3) is 0.600. The molecule has 0 rings (SSSR count). The van der Waals surface area contributed by atoms with Crippen molar-refractivity contribution in [3.8, 4) is 0 Å². The van der Waals surface area contributed by atoms with Crippen molar-refractivity contribution >= 4 is 19.7 Å². The molecule has 5 heteroatoms. The van der Waals surface area contributed by atoms with E-state index in [-0.39, 0.29) is 6.17 Å². The largest absolute Gasteiger partial charge is 0.486 e. The molecule has 0 bridgehead atoms. The van der Waals surface area contributed by atoms with E-state index in [9.17, 15) is 9.59 Å². The molecular formula is C5H9NO3Si. The van der Waals surface area contributed by atoms with Gasteiger partial charge >= 0.3 is 0 Å². The van der Waals surface area contributed by atoms with Crippen LogP contribution in [0.2, 0.25) is 13.1 Å². The van der Waals surface area contributed by atoms with E-state index in [0.717, 1.165) is 0 Å². The summed E-state index contributed by atoms with van der Waals surface area (Å²) in [6.07, 6.45) is 1.44. The van der Waals surface area contributed by atoms with Crippen LogP contribution in [0.1, 0.15) is 0 Å². The highest BCUT2D eigenvalue weighted by Gasteiger charge is 2.30. The lowest BCUT2D eigenvalue weighted by molar-refractivity contribution is 0.218. The third kappa shape index (κ3) is 2.57. The number of isocyanates is 1.